The van der Waals surface area contributed by atoms with Crippen LogP contribution in [-0.4, -0.2) is 54.1 Å². The van der Waals surface area contributed by atoms with Crippen LogP contribution >= 0.6 is 0 Å². The highest BCUT2D eigenvalue weighted by Gasteiger charge is 2.52. The van der Waals surface area contributed by atoms with Gasteiger partial charge in [0.05, 0.1) is 22.6 Å². The number of hydrogen-bond acceptors (Lipinski definition) is 7. The van der Waals surface area contributed by atoms with E-state index >= 15 is 0 Å². The lowest BCUT2D eigenvalue weighted by Gasteiger charge is -2.22. The first kappa shape index (κ1) is 26.8. The molecule has 0 saturated carbocycles. The molecule has 1 saturated heterocycles. The second kappa shape index (κ2) is 9.27. The van der Waals surface area contributed by atoms with Gasteiger partial charge in [0.2, 0.25) is 0 Å². The molecule has 1 fully saturated rings. The minimum atomic E-state index is -5.76. The first-order valence-electron chi connectivity index (χ1n) is 10.3. The minimum Gasteiger partial charge on any atom is -0.425 e. The Morgan fingerprint density at radius 2 is 1.58 bits per heavy atom. The lowest BCUT2D eigenvalue weighted by molar-refractivity contribution is -0.209. The van der Waals surface area contributed by atoms with Gasteiger partial charge in [0.15, 0.2) is 0 Å². The van der Waals surface area contributed by atoms with Crippen molar-refractivity contribution in [3.05, 3.63) is 66.4 Å². The average Bonchev–Trinajstić information content (AvgIpc) is 3.07. The fourth-order valence-electron chi connectivity index (χ4n) is 3.62. The van der Waals surface area contributed by atoms with E-state index in [0.717, 1.165) is 0 Å². The number of amides is 3. The third-order valence-electron chi connectivity index (χ3n) is 5.39. The Bertz CT molecular complexity index is 1530. The Balaban J connectivity index is 1.73. The number of carbonyl (C=O) groups excluding carboxylic acids is 3. The number of benzene rings is 2. The number of fused-ring (bicyclic) bond motifs is 1. The van der Waals surface area contributed by atoms with Crippen molar-refractivity contribution in [1.82, 2.24) is 9.88 Å². The van der Waals surface area contributed by atoms with E-state index in [1.165, 1.54) is 12.3 Å². The summed E-state index contributed by atoms with van der Waals surface area (Å²) in [7, 11) is -5.76. The molecule has 0 N–H and O–H groups in total. The van der Waals surface area contributed by atoms with Gasteiger partial charge in [0, 0.05) is 11.6 Å². The highest BCUT2D eigenvalue weighted by molar-refractivity contribution is 7.92. The maximum atomic E-state index is 13.2. The van der Waals surface area contributed by atoms with Gasteiger partial charge in [-0.15, -0.1) is 0 Å². The zero-order valence-corrected chi connectivity index (χ0v) is 19.3. The van der Waals surface area contributed by atoms with E-state index in [9.17, 15) is 49.1 Å². The van der Waals surface area contributed by atoms with Crippen LogP contribution in [0.25, 0.3) is 10.9 Å². The van der Waals surface area contributed by atoms with Gasteiger partial charge in [-0.3, -0.25) is 14.7 Å². The topological polar surface area (TPSA) is 114 Å². The van der Waals surface area contributed by atoms with E-state index in [1.54, 1.807) is 24.3 Å². The molecule has 2 heterocycles. The quantitative estimate of drug-likeness (QED) is 0.264. The van der Waals surface area contributed by atoms with Crippen molar-refractivity contribution < 1.29 is 53.9 Å². The Morgan fingerprint density at radius 1 is 0.947 bits per heavy atom. The number of imide groups is 1. The van der Waals surface area contributed by atoms with Gasteiger partial charge in [-0.25, -0.2) is 22.9 Å². The molecule has 3 amide bonds. The number of carbonyl (C=O) groups is 3. The summed E-state index contributed by atoms with van der Waals surface area (Å²) < 4.78 is 105. The normalized spacial score (nSPS) is 16.8. The smallest absolute Gasteiger partial charge is 0.425 e. The molecule has 1 aliphatic heterocycles. The maximum Gasteiger partial charge on any atom is 0.501 e. The standard InChI is InChI=1S/C22H13F6N3O6S/c23-21(24,25)19(33)37-18-17(32)31(13-5-7-14(8-6-13)38(35,36)22(26,27)28)20(34)30(18)11-12-9-10-29-16-4-2-1-3-15(12)16/h1-10,18H,11H2. The van der Waals surface area contributed by atoms with Crippen molar-refractivity contribution in [3.63, 3.8) is 0 Å². The summed E-state index contributed by atoms with van der Waals surface area (Å²) in [6.07, 6.45) is -6.56. The molecule has 38 heavy (non-hydrogen) atoms. The number of nitrogens with zero attached hydrogens (tertiary/aromatic N) is 3. The van der Waals surface area contributed by atoms with Gasteiger partial charge < -0.3 is 4.74 Å². The molecule has 2 aromatic carbocycles. The van der Waals surface area contributed by atoms with Gasteiger partial charge in [-0.2, -0.15) is 26.3 Å². The summed E-state index contributed by atoms with van der Waals surface area (Å²) in [6, 6.07) is 8.92. The molecule has 4 rings (SSSR count). The van der Waals surface area contributed by atoms with Crippen molar-refractivity contribution in [2.24, 2.45) is 0 Å². The van der Waals surface area contributed by atoms with Crippen molar-refractivity contribution in [2.75, 3.05) is 4.90 Å². The zero-order valence-electron chi connectivity index (χ0n) is 18.5. The summed E-state index contributed by atoms with van der Waals surface area (Å²) in [5, 5.41) is 0.469. The second-order valence-electron chi connectivity index (χ2n) is 7.77. The highest BCUT2D eigenvalue weighted by atomic mass is 32.2. The Hall–Kier alpha value is -4.21. The first-order valence-corrected chi connectivity index (χ1v) is 11.8. The molecule has 9 nitrogen and oxygen atoms in total. The van der Waals surface area contributed by atoms with Gasteiger partial charge in [0.25, 0.3) is 22.0 Å². The zero-order chi connectivity index (χ0) is 28.0. The number of esters is 1. The summed E-state index contributed by atoms with van der Waals surface area (Å²) in [5.41, 5.74) is -5.34. The number of para-hydroxylation sites is 1. The lowest BCUT2D eigenvalue weighted by atomic mass is 10.1. The monoisotopic (exact) mass is 561 g/mol. The summed E-state index contributed by atoms with van der Waals surface area (Å²) in [4.78, 5) is 41.4. The van der Waals surface area contributed by atoms with Crippen LogP contribution in [0.5, 0.6) is 0 Å². The number of pyridine rings is 1. The van der Waals surface area contributed by atoms with Crippen molar-refractivity contribution >= 4 is 44.3 Å². The van der Waals surface area contributed by atoms with E-state index in [-0.39, 0.29) is 4.90 Å². The first-order chi connectivity index (χ1) is 17.6. The molecule has 1 unspecified atom stereocenters. The molecule has 3 aromatic rings. The molecular formula is C22H13F6N3O6S. The van der Waals surface area contributed by atoms with Gasteiger partial charge in [-0.05, 0) is 42.0 Å². The van der Waals surface area contributed by atoms with E-state index in [4.69, 9.17) is 0 Å². The Kier molecular flexibility index (Phi) is 6.55. The number of ether oxygens (including phenoxy) is 1. The number of halogens is 6. The van der Waals surface area contributed by atoms with Crippen molar-refractivity contribution in [1.29, 1.82) is 0 Å². The number of urea groups is 1. The van der Waals surface area contributed by atoms with Crippen LogP contribution in [0.1, 0.15) is 5.56 Å². The molecule has 1 aliphatic rings. The Labute approximate surface area is 209 Å². The van der Waals surface area contributed by atoms with E-state index in [0.29, 0.717) is 45.6 Å². The maximum absolute atomic E-state index is 13.2. The number of aromatic nitrogens is 1. The molecule has 1 aromatic heterocycles. The number of anilines is 1. The predicted molar refractivity (Wildman–Crippen MR) is 116 cm³/mol. The number of sulfone groups is 1. The van der Waals surface area contributed by atoms with Crippen LogP contribution in [-0.2, 0) is 30.7 Å². The van der Waals surface area contributed by atoms with E-state index in [2.05, 4.69) is 9.72 Å². The van der Waals surface area contributed by atoms with Crippen LogP contribution in [0.2, 0.25) is 0 Å². The molecule has 0 radical (unpaired) electrons. The largest absolute Gasteiger partial charge is 0.501 e. The van der Waals surface area contributed by atoms with Gasteiger partial charge in [-0.1, -0.05) is 18.2 Å². The molecule has 0 spiro atoms. The SMILES string of the molecule is O=C1C(OC(=O)C(F)(F)F)N(Cc2ccnc3ccccc23)C(=O)N1c1ccc(S(=O)(=O)C(F)(F)F)cc1. The number of hydrogen-bond donors (Lipinski definition) is 0. The third kappa shape index (κ3) is 4.73. The van der Waals surface area contributed by atoms with Crippen molar-refractivity contribution in [3.8, 4) is 0 Å². The molecular weight excluding hydrogens is 548 g/mol. The minimum absolute atomic E-state index is 0.266. The summed E-state index contributed by atoms with van der Waals surface area (Å²) in [6.45, 7) is -0.527. The predicted octanol–water partition coefficient (Wildman–Crippen LogP) is 3.93. The van der Waals surface area contributed by atoms with E-state index < -0.39 is 62.8 Å². The average molecular weight is 561 g/mol. The third-order valence-corrected chi connectivity index (χ3v) is 6.89. The van der Waals surface area contributed by atoms with Crippen LogP contribution in [0.15, 0.2) is 65.7 Å². The van der Waals surface area contributed by atoms with Crippen LogP contribution in [0.4, 0.5) is 36.8 Å². The van der Waals surface area contributed by atoms with Crippen LogP contribution in [0, 0.1) is 0 Å². The fraction of sp³-hybridized carbons (Fsp3) is 0.182. The number of rotatable bonds is 5. The van der Waals surface area contributed by atoms with Crippen LogP contribution < -0.4 is 4.90 Å². The lowest BCUT2D eigenvalue weighted by Crippen LogP contribution is -2.41. The summed E-state index contributed by atoms with van der Waals surface area (Å²) in [5.74, 6) is -4.22. The van der Waals surface area contributed by atoms with E-state index in [1.807, 2.05) is 0 Å². The summed E-state index contributed by atoms with van der Waals surface area (Å²) >= 11 is 0. The second-order valence-corrected chi connectivity index (χ2v) is 9.71. The van der Waals surface area contributed by atoms with Crippen LogP contribution in [0.3, 0.4) is 0 Å². The van der Waals surface area contributed by atoms with Crippen molar-refractivity contribution in [2.45, 2.75) is 29.4 Å². The highest BCUT2D eigenvalue weighted by Crippen LogP contribution is 2.34. The molecule has 0 bridgehead atoms. The Morgan fingerprint density at radius 3 is 2.18 bits per heavy atom. The molecule has 16 heteroatoms. The number of alkyl halides is 6. The van der Waals surface area contributed by atoms with Gasteiger partial charge in [0.1, 0.15) is 0 Å². The fourth-order valence-corrected chi connectivity index (χ4v) is 4.38. The van der Waals surface area contributed by atoms with Gasteiger partial charge >= 0.3 is 23.7 Å². The molecule has 1 atom stereocenters. The molecule has 200 valence electrons. The molecule has 0 aliphatic carbocycles.